The Kier molecular flexibility index (Phi) is 3.07. The average Bonchev–Trinajstić information content (AvgIpc) is 2.97. The van der Waals surface area contributed by atoms with Crippen molar-refractivity contribution >= 4 is 11.0 Å². The SMILES string of the molecule is Cn1c(CC(O)C2(C)CCCO2)nc2ccccc21. The lowest BCUT2D eigenvalue weighted by molar-refractivity contribution is -0.0776. The lowest BCUT2D eigenvalue weighted by Gasteiger charge is -2.29. The minimum absolute atomic E-state index is 0.419. The van der Waals surface area contributed by atoms with Crippen LogP contribution >= 0.6 is 0 Å². The summed E-state index contributed by atoms with van der Waals surface area (Å²) in [5.41, 5.74) is 1.66. The number of para-hydroxylation sites is 2. The van der Waals surface area contributed by atoms with E-state index in [0.29, 0.717) is 6.42 Å². The van der Waals surface area contributed by atoms with Crippen LogP contribution in [0.15, 0.2) is 24.3 Å². The largest absolute Gasteiger partial charge is 0.390 e. The number of aliphatic hydroxyl groups is 1. The van der Waals surface area contributed by atoms with Gasteiger partial charge in [-0.2, -0.15) is 0 Å². The molecule has 3 rings (SSSR count). The zero-order valence-corrected chi connectivity index (χ0v) is 11.5. The van der Waals surface area contributed by atoms with Gasteiger partial charge in [-0.3, -0.25) is 0 Å². The molecule has 0 bridgehead atoms. The van der Waals surface area contributed by atoms with E-state index in [9.17, 15) is 5.11 Å². The molecular formula is C15H20N2O2. The van der Waals surface area contributed by atoms with Crippen molar-refractivity contribution in [3.05, 3.63) is 30.1 Å². The first-order chi connectivity index (χ1) is 9.10. The summed E-state index contributed by atoms with van der Waals surface area (Å²) in [6, 6.07) is 8.04. The van der Waals surface area contributed by atoms with E-state index < -0.39 is 11.7 Å². The highest BCUT2D eigenvalue weighted by atomic mass is 16.5. The number of benzene rings is 1. The van der Waals surface area contributed by atoms with E-state index in [4.69, 9.17) is 4.74 Å². The fourth-order valence-electron chi connectivity index (χ4n) is 2.83. The van der Waals surface area contributed by atoms with Gasteiger partial charge < -0.3 is 14.4 Å². The van der Waals surface area contributed by atoms with E-state index in [-0.39, 0.29) is 0 Å². The predicted molar refractivity (Wildman–Crippen MR) is 74.0 cm³/mol. The summed E-state index contributed by atoms with van der Waals surface area (Å²) >= 11 is 0. The molecule has 1 saturated heterocycles. The van der Waals surface area contributed by atoms with Crippen molar-refractivity contribution in [1.82, 2.24) is 9.55 Å². The van der Waals surface area contributed by atoms with E-state index in [0.717, 1.165) is 36.3 Å². The third-order valence-corrected chi connectivity index (χ3v) is 4.21. The van der Waals surface area contributed by atoms with Crippen LogP contribution in [0.25, 0.3) is 11.0 Å². The Labute approximate surface area is 113 Å². The van der Waals surface area contributed by atoms with Crippen LogP contribution in [0.4, 0.5) is 0 Å². The van der Waals surface area contributed by atoms with Crippen molar-refractivity contribution in [3.8, 4) is 0 Å². The number of hydrogen-bond donors (Lipinski definition) is 1. The van der Waals surface area contributed by atoms with Gasteiger partial charge in [-0.05, 0) is 31.9 Å². The Hall–Kier alpha value is -1.39. The molecule has 0 spiro atoms. The maximum atomic E-state index is 10.4. The third-order valence-electron chi connectivity index (χ3n) is 4.21. The Morgan fingerprint density at radius 2 is 2.26 bits per heavy atom. The van der Waals surface area contributed by atoms with Gasteiger partial charge >= 0.3 is 0 Å². The highest BCUT2D eigenvalue weighted by molar-refractivity contribution is 5.75. The molecule has 1 aromatic heterocycles. The van der Waals surface area contributed by atoms with Crippen LogP contribution in [0.5, 0.6) is 0 Å². The van der Waals surface area contributed by atoms with Crippen molar-refractivity contribution in [2.45, 2.75) is 37.9 Å². The number of ether oxygens (including phenoxy) is 1. The molecule has 0 saturated carbocycles. The fourth-order valence-corrected chi connectivity index (χ4v) is 2.83. The standard InChI is InChI=1S/C15H20N2O2/c1-15(8-5-9-19-15)13(18)10-14-16-11-6-3-4-7-12(11)17(14)2/h3-4,6-7,13,18H,5,8-10H2,1-2H3. The van der Waals surface area contributed by atoms with Gasteiger partial charge in [-0.1, -0.05) is 12.1 Å². The molecule has 0 amide bonds. The Morgan fingerprint density at radius 1 is 1.47 bits per heavy atom. The molecule has 1 fully saturated rings. The van der Waals surface area contributed by atoms with Gasteiger partial charge in [0, 0.05) is 20.1 Å². The number of aromatic nitrogens is 2. The first-order valence-corrected chi connectivity index (χ1v) is 6.82. The first kappa shape index (κ1) is 12.6. The van der Waals surface area contributed by atoms with E-state index in [1.54, 1.807) is 0 Å². The number of nitrogens with zero attached hydrogens (tertiary/aromatic N) is 2. The maximum Gasteiger partial charge on any atom is 0.112 e. The second-order valence-electron chi connectivity index (χ2n) is 5.56. The van der Waals surface area contributed by atoms with Gasteiger partial charge in [-0.15, -0.1) is 0 Å². The van der Waals surface area contributed by atoms with Gasteiger partial charge in [0.1, 0.15) is 5.82 Å². The van der Waals surface area contributed by atoms with Crippen molar-refractivity contribution in [2.24, 2.45) is 7.05 Å². The Bertz CT molecular complexity index is 585. The molecule has 1 N–H and O–H groups in total. The highest BCUT2D eigenvalue weighted by Gasteiger charge is 2.38. The first-order valence-electron chi connectivity index (χ1n) is 6.82. The summed E-state index contributed by atoms with van der Waals surface area (Å²) < 4.78 is 7.75. The number of imidazole rings is 1. The Morgan fingerprint density at radius 3 is 2.95 bits per heavy atom. The van der Waals surface area contributed by atoms with Crippen molar-refractivity contribution in [1.29, 1.82) is 0 Å². The second kappa shape index (κ2) is 4.62. The zero-order chi connectivity index (χ0) is 13.5. The zero-order valence-electron chi connectivity index (χ0n) is 11.5. The molecule has 1 aliphatic rings. The van der Waals surface area contributed by atoms with E-state index in [1.807, 2.05) is 38.2 Å². The van der Waals surface area contributed by atoms with E-state index in [1.165, 1.54) is 0 Å². The highest BCUT2D eigenvalue weighted by Crippen LogP contribution is 2.30. The molecular weight excluding hydrogens is 240 g/mol. The number of aryl methyl sites for hydroxylation is 1. The number of hydrogen-bond acceptors (Lipinski definition) is 3. The molecule has 0 aliphatic carbocycles. The molecule has 1 aliphatic heterocycles. The lowest BCUT2D eigenvalue weighted by atomic mass is 9.93. The molecule has 2 unspecified atom stereocenters. The molecule has 4 nitrogen and oxygen atoms in total. The monoisotopic (exact) mass is 260 g/mol. The number of aliphatic hydroxyl groups excluding tert-OH is 1. The normalized spacial score (nSPS) is 25.0. The second-order valence-corrected chi connectivity index (χ2v) is 5.56. The number of rotatable bonds is 3. The van der Waals surface area contributed by atoms with E-state index in [2.05, 4.69) is 9.55 Å². The quantitative estimate of drug-likeness (QED) is 0.918. The molecule has 0 radical (unpaired) electrons. The van der Waals surface area contributed by atoms with Gasteiger partial charge in [0.2, 0.25) is 0 Å². The molecule has 1 aromatic carbocycles. The molecule has 2 atom stereocenters. The van der Waals surface area contributed by atoms with Gasteiger partial charge in [-0.25, -0.2) is 4.98 Å². The van der Waals surface area contributed by atoms with Crippen LogP contribution in [-0.4, -0.2) is 33.0 Å². The van der Waals surface area contributed by atoms with Crippen LogP contribution in [0.1, 0.15) is 25.6 Å². The molecule has 2 aromatic rings. The van der Waals surface area contributed by atoms with Crippen LogP contribution < -0.4 is 0 Å². The van der Waals surface area contributed by atoms with Gasteiger partial charge in [0.15, 0.2) is 0 Å². The maximum absolute atomic E-state index is 10.4. The van der Waals surface area contributed by atoms with Gasteiger partial charge in [0.25, 0.3) is 0 Å². The molecule has 4 heteroatoms. The predicted octanol–water partition coefficient (Wildman–Crippen LogP) is 2.05. The van der Waals surface area contributed by atoms with Crippen molar-refractivity contribution in [2.75, 3.05) is 6.61 Å². The minimum atomic E-state index is -0.509. The van der Waals surface area contributed by atoms with Crippen LogP contribution in [0, 0.1) is 0 Å². The summed E-state index contributed by atoms with van der Waals surface area (Å²) in [6.45, 7) is 2.74. The summed E-state index contributed by atoms with van der Waals surface area (Å²) in [5.74, 6) is 0.908. The smallest absolute Gasteiger partial charge is 0.112 e. The third kappa shape index (κ3) is 2.15. The molecule has 19 heavy (non-hydrogen) atoms. The van der Waals surface area contributed by atoms with Gasteiger partial charge in [0.05, 0.1) is 22.7 Å². The summed E-state index contributed by atoms with van der Waals surface area (Å²) in [6.07, 6.45) is 1.96. The minimum Gasteiger partial charge on any atom is -0.390 e. The van der Waals surface area contributed by atoms with Crippen molar-refractivity contribution < 1.29 is 9.84 Å². The van der Waals surface area contributed by atoms with Crippen molar-refractivity contribution in [3.63, 3.8) is 0 Å². The number of fused-ring (bicyclic) bond motifs is 1. The Balaban J connectivity index is 1.87. The van der Waals surface area contributed by atoms with Crippen LogP contribution in [-0.2, 0) is 18.2 Å². The summed E-state index contributed by atoms with van der Waals surface area (Å²) in [5, 5.41) is 10.4. The van der Waals surface area contributed by atoms with Crippen LogP contribution in [0.2, 0.25) is 0 Å². The summed E-state index contributed by atoms with van der Waals surface area (Å²) in [7, 11) is 2.00. The van der Waals surface area contributed by atoms with E-state index >= 15 is 0 Å². The molecule has 2 heterocycles. The fraction of sp³-hybridized carbons (Fsp3) is 0.533. The lowest BCUT2D eigenvalue weighted by Crippen LogP contribution is -2.40. The molecule has 102 valence electrons. The van der Waals surface area contributed by atoms with Crippen LogP contribution in [0.3, 0.4) is 0 Å². The average molecular weight is 260 g/mol. The topological polar surface area (TPSA) is 47.3 Å². The summed E-state index contributed by atoms with van der Waals surface area (Å²) in [4.78, 5) is 4.60.